The maximum absolute atomic E-state index is 11.3. The van der Waals surface area contributed by atoms with Gasteiger partial charge >= 0.3 is 5.97 Å². The first kappa shape index (κ1) is 10.7. The lowest BCUT2D eigenvalue weighted by Crippen LogP contribution is -2.19. The molecule has 1 aliphatic heterocycles. The molecule has 0 spiro atoms. The van der Waals surface area contributed by atoms with Gasteiger partial charge in [-0.3, -0.25) is 0 Å². The molecule has 2 heterocycles. The number of carboxylic acid groups (broad SMARTS) is 1. The zero-order chi connectivity index (χ0) is 12.0. The summed E-state index contributed by atoms with van der Waals surface area (Å²) >= 11 is 1.40. The highest BCUT2D eigenvalue weighted by Crippen LogP contribution is 2.36. The predicted octanol–water partition coefficient (Wildman–Crippen LogP) is 2.59. The summed E-state index contributed by atoms with van der Waals surface area (Å²) in [5, 5.41) is 10.5. The lowest BCUT2D eigenvalue weighted by molar-refractivity contribution is 0.0700. The van der Waals surface area contributed by atoms with E-state index in [-0.39, 0.29) is 0 Å². The van der Waals surface area contributed by atoms with Crippen LogP contribution < -0.4 is 0 Å². The molecule has 0 bridgehead atoms. The fraction of sp³-hybridized carbons (Fsp3) is 0.308. The number of aromatic carboxylic acids is 1. The summed E-state index contributed by atoms with van der Waals surface area (Å²) in [4.78, 5) is 14.0. The predicted molar refractivity (Wildman–Crippen MR) is 68.8 cm³/mol. The van der Waals surface area contributed by atoms with Gasteiger partial charge in [-0.1, -0.05) is 12.1 Å². The van der Waals surface area contributed by atoms with Crippen molar-refractivity contribution in [2.75, 3.05) is 13.6 Å². The first-order valence-corrected chi connectivity index (χ1v) is 6.43. The standard InChI is InChI=1S/C13H13NO2S/c1-14-6-5-8-3-2-4-10-11(8)9(7-14)12(17-10)13(15)16/h2-4H,5-7H2,1H3,(H,15,16). The molecule has 0 saturated heterocycles. The molecule has 3 nitrogen and oxygen atoms in total. The number of likely N-dealkylation sites (N-methyl/N-ethyl adjacent to an activating group) is 1. The van der Waals surface area contributed by atoms with Crippen molar-refractivity contribution in [3.8, 4) is 0 Å². The summed E-state index contributed by atoms with van der Waals surface area (Å²) in [6, 6.07) is 6.16. The van der Waals surface area contributed by atoms with E-state index in [2.05, 4.69) is 11.0 Å². The van der Waals surface area contributed by atoms with Crippen LogP contribution in [0.2, 0.25) is 0 Å². The van der Waals surface area contributed by atoms with E-state index in [1.54, 1.807) is 0 Å². The highest BCUT2D eigenvalue weighted by molar-refractivity contribution is 7.21. The van der Waals surface area contributed by atoms with Gasteiger partial charge in [0.2, 0.25) is 0 Å². The van der Waals surface area contributed by atoms with Crippen LogP contribution in [-0.2, 0) is 13.0 Å². The second kappa shape index (κ2) is 3.82. The second-order valence-corrected chi connectivity index (χ2v) is 5.55. The minimum atomic E-state index is -0.803. The minimum Gasteiger partial charge on any atom is -0.477 e. The molecule has 0 unspecified atom stereocenters. The van der Waals surface area contributed by atoms with Crippen LogP contribution in [0.5, 0.6) is 0 Å². The molecule has 1 aromatic heterocycles. The Kier molecular flexibility index (Phi) is 2.42. The summed E-state index contributed by atoms with van der Waals surface area (Å²) in [6.07, 6.45) is 0.997. The van der Waals surface area contributed by atoms with Crippen molar-refractivity contribution in [1.82, 2.24) is 4.90 Å². The molecule has 1 N–H and O–H groups in total. The van der Waals surface area contributed by atoms with Gasteiger partial charge in [-0.2, -0.15) is 0 Å². The van der Waals surface area contributed by atoms with Gasteiger partial charge in [-0.05, 0) is 30.7 Å². The number of nitrogens with zero attached hydrogens (tertiary/aromatic N) is 1. The Morgan fingerprint density at radius 1 is 1.47 bits per heavy atom. The largest absolute Gasteiger partial charge is 0.477 e. The number of rotatable bonds is 1. The van der Waals surface area contributed by atoms with Crippen LogP contribution in [0.4, 0.5) is 0 Å². The maximum Gasteiger partial charge on any atom is 0.346 e. The van der Waals surface area contributed by atoms with Gasteiger partial charge in [-0.25, -0.2) is 4.79 Å². The molecule has 0 amide bonds. The fourth-order valence-electron chi connectivity index (χ4n) is 2.48. The SMILES string of the molecule is CN1CCc2cccc3sc(C(=O)O)c(c23)C1. The van der Waals surface area contributed by atoms with Gasteiger partial charge in [-0.15, -0.1) is 11.3 Å². The topological polar surface area (TPSA) is 40.5 Å². The van der Waals surface area contributed by atoms with Gasteiger partial charge in [0, 0.05) is 23.2 Å². The average Bonchev–Trinajstić information content (AvgIpc) is 2.57. The molecule has 88 valence electrons. The van der Waals surface area contributed by atoms with Crippen LogP contribution in [0.1, 0.15) is 20.8 Å². The molecular weight excluding hydrogens is 234 g/mol. The Morgan fingerprint density at radius 3 is 3.06 bits per heavy atom. The Labute approximate surface area is 103 Å². The molecule has 1 aromatic carbocycles. The Balaban J connectivity index is 2.35. The van der Waals surface area contributed by atoms with Crippen LogP contribution >= 0.6 is 11.3 Å². The first-order valence-electron chi connectivity index (χ1n) is 5.62. The van der Waals surface area contributed by atoms with Crippen molar-refractivity contribution >= 4 is 27.4 Å². The number of hydrogen-bond donors (Lipinski definition) is 1. The van der Waals surface area contributed by atoms with E-state index in [9.17, 15) is 9.90 Å². The van der Waals surface area contributed by atoms with Crippen molar-refractivity contribution in [3.63, 3.8) is 0 Å². The molecule has 3 rings (SSSR count). The monoisotopic (exact) mass is 247 g/mol. The van der Waals surface area contributed by atoms with Crippen LogP contribution in [0, 0.1) is 0 Å². The fourth-order valence-corrected chi connectivity index (χ4v) is 3.58. The molecule has 4 heteroatoms. The van der Waals surface area contributed by atoms with Gasteiger partial charge in [0.15, 0.2) is 0 Å². The van der Waals surface area contributed by atoms with E-state index in [0.29, 0.717) is 4.88 Å². The van der Waals surface area contributed by atoms with Gasteiger partial charge in [0.05, 0.1) is 0 Å². The number of thiophene rings is 1. The smallest absolute Gasteiger partial charge is 0.346 e. The summed E-state index contributed by atoms with van der Waals surface area (Å²) in [5.74, 6) is -0.803. The van der Waals surface area contributed by atoms with Crippen molar-refractivity contribution < 1.29 is 9.90 Å². The quantitative estimate of drug-likeness (QED) is 0.842. The first-order chi connectivity index (χ1) is 8.16. The van der Waals surface area contributed by atoms with Crippen molar-refractivity contribution in [2.45, 2.75) is 13.0 Å². The third-order valence-electron chi connectivity index (χ3n) is 3.29. The molecule has 0 fully saturated rings. The molecule has 0 saturated carbocycles. The summed E-state index contributed by atoms with van der Waals surface area (Å²) in [5.41, 5.74) is 2.28. The van der Waals surface area contributed by atoms with E-state index in [1.807, 2.05) is 19.2 Å². The molecular formula is C13H13NO2S. The third-order valence-corrected chi connectivity index (χ3v) is 4.47. The van der Waals surface area contributed by atoms with Crippen LogP contribution in [-0.4, -0.2) is 29.6 Å². The van der Waals surface area contributed by atoms with Crippen molar-refractivity contribution in [3.05, 3.63) is 34.2 Å². The molecule has 0 aliphatic carbocycles. The molecule has 17 heavy (non-hydrogen) atoms. The van der Waals surface area contributed by atoms with E-state index in [1.165, 1.54) is 22.3 Å². The van der Waals surface area contributed by atoms with Gasteiger partial charge in [0.1, 0.15) is 4.88 Å². The summed E-state index contributed by atoms with van der Waals surface area (Å²) in [7, 11) is 2.04. The second-order valence-electron chi connectivity index (χ2n) is 4.49. The Hall–Kier alpha value is -1.39. The number of benzene rings is 1. The van der Waals surface area contributed by atoms with Gasteiger partial charge < -0.3 is 10.0 Å². The average molecular weight is 247 g/mol. The molecule has 1 aliphatic rings. The summed E-state index contributed by atoms with van der Waals surface area (Å²) in [6.45, 7) is 1.72. The van der Waals surface area contributed by atoms with Crippen molar-refractivity contribution in [1.29, 1.82) is 0 Å². The van der Waals surface area contributed by atoms with Crippen LogP contribution in [0.3, 0.4) is 0 Å². The van der Waals surface area contributed by atoms with E-state index >= 15 is 0 Å². The van der Waals surface area contributed by atoms with E-state index < -0.39 is 5.97 Å². The normalized spacial score (nSPS) is 16.1. The van der Waals surface area contributed by atoms with Crippen LogP contribution in [0.15, 0.2) is 18.2 Å². The van der Waals surface area contributed by atoms with Gasteiger partial charge in [0.25, 0.3) is 0 Å². The lowest BCUT2D eigenvalue weighted by atomic mass is 10.0. The van der Waals surface area contributed by atoms with Crippen molar-refractivity contribution in [2.24, 2.45) is 0 Å². The zero-order valence-corrected chi connectivity index (χ0v) is 10.4. The number of carbonyl (C=O) groups is 1. The molecule has 0 atom stereocenters. The van der Waals surface area contributed by atoms with Crippen LogP contribution in [0.25, 0.3) is 10.1 Å². The highest BCUT2D eigenvalue weighted by Gasteiger charge is 2.22. The minimum absolute atomic E-state index is 0.501. The Bertz CT molecular complexity index is 603. The molecule has 2 aromatic rings. The highest BCUT2D eigenvalue weighted by atomic mass is 32.1. The summed E-state index contributed by atoms with van der Waals surface area (Å²) < 4.78 is 1.10. The zero-order valence-electron chi connectivity index (χ0n) is 9.56. The lowest BCUT2D eigenvalue weighted by Gasteiger charge is -2.12. The molecule has 0 radical (unpaired) electrons. The number of hydrogen-bond acceptors (Lipinski definition) is 3. The maximum atomic E-state index is 11.3. The Morgan fingerprint density at radius 2 is 2.29 bits per heavy atom. The third kappa shape index (κ3) is 1.64. The number of carboxylic acids is 1. The van der Waals surface area contributed by atoms with E-state index in [0.717, 1.165) is 29.8 Å². The van der Waals surface area contributed by atoms with E-state index in [4.69, 9.17) is 0 Å².